The summed E-state index contributed by atoms with van der Waals surface area (Å²) in [4.78, 5) is 15.0. The van der Waals surface area contributed by atoms with Crippen LogP contribution in [0.4, 0.5) is 0 Å². The predicted octanol–water partition coefficient (Wildman–Crippen LogP) is 2.27. The van der Waals surface area contributed by atoms with Crippen LogP contribution in [-0.2, 0) is 20.8 Å². The van der Waals surface area contributed by atoms with Crippen molar-refractivity contribution in [1.29, 1.82) is 0 Å². The Morgan fingerprint density at radius 3 is 3.00 bits per heavy atom. The molecule has 2 heterocycles. The first-order valence-corrected chi connectivity index (χ1v) is 7.39. The summed E-state index contributed by atoms with van der Waals surface area (Å²) in [7, 11) is 1.39. The normalized spacial score (nSPS) is 25.1. The van der Waals surface area contributed by atoms with Gasteiger partial charge in [0.2, 0.25) is 0 Å². The van der Waals surface area contributed by atoms with Gasteiger partial charge >= 0.3 is 5.97 Å². The SMILES string of the molecule is COC(=O)[C@H]1CN(Cc2ccc(Br)s2)C[C@@H](C)O1. The van der Waals surface area contributed by atoms with Crippen LogP contribution in [0.1, 0.15) is 11.8 Å². The zero-order valence-electron chi connectivity index (χ0n) is 10.4. The molecular weight excluding hydrogens is 318 g/mol. The summed E-state index contributed by atoms with van der Waals surface area (Å²) in [6.07, 6.45) is -0.423. The molecule has 0 aliphatic carbocycles. The highest BCUT2D eigenvalue weighted by Gasteiger charge is 2.31. The summed E-state index contributed by atoms with van der Waals surface area (Å²) in [5.74, 6) is -0.293. The molecule has 18 heavy (non-hydrogen) atoms. The quantitative estimate of drug-likeness (QED) is 0.795. The molecule has 0 N–H and O–H groups in total. The van der Waals surface area contributed by atoms with Crippen LogP contribution in [0.3, 0.4) is 0 Å². The van der Waals surface area contributed by atoms with Gasteiger partial charge in [-0.2, -0.15) is 0 Å². The minimum Gasteiger partial charge on any atom is -0.467 e. The minimum atomic E-state index is -0.470. The molecule has 1 fully saturated rings. The monoisotopic (exact) mass is 333 g/mol. The third kappa shape index (κ3) is 3.54. The zero-order valence-corrected chi connectivity index (χ0v) is 12.8. The van der Waals surface area contributed by atoms with E-state index in [1.807, 2.05) is 13.0 Å². The number of hydrogen-bond acceptors (Lipinski definition) is 5. The largest absolute Gasteiger partial charge is 0.467 e. The van der Waals surface area contributed by atoms with Gasteiger partial charge in [-0.1, -0.05) is 0 Å². The van der Waals surface area contributed by atoms with Crippen molar-refractivity contribution in [3.8, 4) is 0 Å². The average molecular weight is 334 g/mol. The third-order valence-corrected chi connectivity index (χ3v) is 4.42. The van der Waals surface area contributed by atoms with Gasteiger partial charge in [0.15, 0.2) is 6.10 Å². The number of ether oxygens (including phenoxy) is 2. The first-order valence-electron chi connectivity index (χ1n) is 5.78. The van der Waals surface area contributed by atoms with Gasteiger partial charge in [0.05, 0.1) is 17.0 Å². The molecule has 0 saturated carbocycles. The molecule has 0 bridgehead atoms. The van der Waals surface area contributed by atoms with Crippen LogP contribution >= 0.6 is 27.3 Å². The van der Waals surface area contributed by atoms with Crippen LogP contribution in [0.15, 0.2) is 15.9 Å². The van der Waals surface area contributed by atoms with E-state index < -0.39 is 6.10 Å². The molecule has 0 aromatic carbocycles. The van der Waals surface area contributed by atoms with Crippen molar-refractivity contribution in [3.05, 3.63) is 20.8 Å². The molecule has 0 spiro atoms. The molecule has 1 aromatic heterocycles. The van der Waals surface area contributed by atoms with E-state index in [4.69, 9.17) is 9.47 Å². The molecule has 1 aliphatic rings. The molecule has 100 valence electrons. The maximum Gasteiger partial charge on any atom is 0.336 e. The highest BCUT2D eigenvalue weighted by atomic mass is 79.9. The molecule has 1 aromatic rings. The van der Waals surface area contributed by atoms with E-state index in [9.17, 15) is 4.79 Å². The molecule has 0 unspecified atom stereocenters. The smallest absolute Gasteiger partial charge is 0.336 e. The molecule has 0 amide bonds. The summed E-state index contributed by atoms with van der Waals surface area (Å²) < 4.78 is 11.5. The Balaban J connectivity index is 1.98. The zero-order chi connectivity index (χ0) is 13.1. The summed E-state index contributed by atoms with van der Waals surface area (Å²) in [6.45, 7) is 4.25. The van der Waals surface area contributed by atoms with E-state index >= 15 is 0 Å². The summed E-state index contributed by atoms with van der Waals surface area (Å²) in [5, 5.41) is 0. The average Bonchev–Trinajstić information content (AvgIpc) is 2.73. The Morgan fingerprint density at radius 1 is 1.61 bits per heavy atom. The van der Waals surface area contributed by atoms with Crippen LogP contribution in [0, 0.1) is 0 Å². The third-order valence-electron chi connectivity index (χ3n) is 2.81. The summed E-state index contributed by atoms with van der Waals surface area (Å²) in [6, 6.07) is 4.14. The number of thiophene rings is 1. The van der Waals surface area contributed by atoms with E-state index in [1.165, 1.54) is 12.0 Å². The second-order valence-electron chi connectivity index (χ2n) is 4.36. The number of nitrogens with zero attached hydrogens (tertiary/aromatic N) is 1. The van der Waals surface area contributed by atoms with Crippen molar-refractivity contribution in [1.82, 2.24) is 4.90 Å². The fourth-order valence-corrected chi connectivity index (χ4v) is 3.61. The number of carbonyl (C=O) groups is 1. The highest BCUT2D eigenvalue weighted by Crippen LogP contribution is 2.24. The number of halogens is 1. The maximum atomic E-state index is 11.5. The molecule has 4 nitrogen and oxygen atoms in total. The second kappa shape index (κ2) is 6.14. The van der Waals surface area contributed by atoms with Crippen LogP contribution in [0.25, 0.3) is 0 Å². The summed E-state index contributed by atoms with van der Waals surface area (Å²) >= 11 is 5.17. The van der Waals surface area contributed by atoms with Crippen LogP contribution < -0.4 is 0 Å². The van der Waals surface area contributed by atoms with Gasteiger partial charge in [-0.3, -0.25) is 4.90 Å². The number of rotatable bonds is 3. The van der Waals surface area contributed by atoms with Gasteiger partial charge < -0.3 is 9.47 Å². The number of morpholine rings is 1. The number of carbonyl (C=O) groups excluding carboxylic acids is 1. The van der Waals surface area contributed by atoms with Gasteiger partial charge in [-0.05, 0) is 35.0 Å². The van der Waals surface area contributed by atoms with Crippen LogP contribution in [0.5, 0.6) is 0 Å². The molecular formula is C12H16BrNO3S. The lowest BCUT2D eigenvalue weighted by Crippen LogP contribution is -2.49. The Bertz CT molecular complexity index is 423. The van der Waals surface area contributed by atoms with Crippen LogP contribution in [-0.4, -0.2) is 43.3 Å². The van der Waals surface area contributed by atoms with Gasteiger partial charge in [-0.15, -0.1) is 11.3 Å². The first kappa shape index (κ1) is 14.0. The molecule has 1 saturated heterocycles. The van der Waals surface area contributed by atoms with E-state index in [2.05, 4.69) is 26.9 Å². The van der Waals surface area contributed by atoms with Crippen molar-refractivity contribution < 1.29 is 14.3 Å². The van der Waals surface area contributed by atoms with Crippen molar-refractivity contribution in [2.45, 2.75) is 25.7 Å². The van der Waals surface area contributed by atoms with E-state index in [1.54, 1.807) is 11.3 Å². The Labute approximate surface area is 119 Å². The van der Waals surface area contributed by atoms with Crippen molar-refractivity contribution in [2.75, 3.05) is 20.2 Å². The number of esters is 1. The van der Waals surface area contributed by atoms with Gasteiger partial charge in [-0.25, -0.2) is 4.79 Å². The molecule has 1 aliphatic heterocycles. The van der Waals surface area contributed by atoms with Crippen molar-refractivity contribution in [2.24, 2.45) is 0 Å². The Morgan fingerprint density at radius 2 is 2.39 bits per heavy atom. The molecule has 0 radical (unpaired) electrons. The topological polar surface area (TPSA) is 38.8 Å². The molecule has 2 atom stereocenters. The van der Waals surface area contributed by atoms with Crippen molar-refractivity contribution >= 4 is 33.2 Å². The fraction of sp³-hybridized carbons (Fsp3) is 0.583. The minimum absolute atomic E-state index is 0.0475. The highest BCUT2D eigenvalue weighted by molar-refractivity contribution is 9.11. The van der Waals surface area contributed by atoms with E-state index in [0.29, 0.717) is 6.54 Å². The Kier molecular flexibility index (Phi) is 4.77. The number of methoxy groups -OCH3 is 1. The molecule has 2 rings (SSSR count). The first-order chi connectivity index (χ1) is 8.58. The lowest BCUT2D eigenvalue weighted by atomic mass is 10.2. The van der Waals surface area contributed by atoms with E-state index in [0.717, 1.165) is 16.9 Å². The standard InChI is InChI=1S/C12H16BrNO3S/c1-8-5-14(6-9-3-4-11(13)18-9)7-10(17-8)12(15)16-2/h3-4,8,10H,5-7H2,1-2H3/t8-,10-/m1/s1. The Hall–Kier alpha value is -0.430. The fourth-order valence-electron chi connectivity index (χ4n) is 2.09. The number of hydrogen-bond donors (Lipinski definition) is 0. The second-order valence-corrected chi connectivity index (χ2v) is 6.91. The van der Waals surface area contributed by atoms with Crippen LogP contribution in [0.2, 0.25) is 0 Å². The van der Waals surface area contributed by atoms with E-state index in [-0.39, 0.29) is 12.1 Å². The molecule has 6 heteroatoms. The van der Waals surface area contributed by atoms with Gasteiger partial charge in [0, 0.05) is 24.5 Å². The predicted molar refractivity (Wildman–Crippen MR) is 73.6 cm³/mol. The van der Waals surface area contributed by atoms with Crippen molar-refractivity contribution in [3.63, 3.8) is 0 Å². The maximum absolute atomic E-state index is 11.5. The summed E-state index contributed by atoms with van der Waals surface area (Å²) in [5.41, 5.74) is 0. The van der Waals surface area contributed by atoms with Gasteiger partial charge in [0.1, 0.15) is 0 Å². The lowest BCUT2D eigenvalue weighted by molar-refractivity contribution is -0.166. The lowest BCUT2D eigenvalue weighted by Gasteiger charge is -2.35. The van der Waals surface area contributed by atoms with Gasteiger partial charge in [0.25, 0.3) is 0 Å².